The zero-order valence-electron chi connectivity index (χ0n) is 24.5. The monoisotopic (exact) mass is 494 g/mol. The van der Waals surface area contributed by atoms with Gasteiger partial charge in [0.1, 0.15) is 6.23 Å². The van der Waals surface area contributed by atoms with Crippen LogP contribution in [0.15, 0.2) is 12.3 Å². The van der Waals surface area contributed by atoms with Crippen LogP contribution in [0.2, 0.25) is 0 Å². The molecule has 0 aromatic rings. The fourth-order valence-electron chi connectivity index (χ4n) is 4.96. The number of hydrogen-bond acceptors (Lipinski definition) is 2. The fraction of sp³-hybridized carbons (Fsp3) is 0.939. The molecular formula is C33H67NO. The third kappa shape index (κ3) is 31.5. The molecule has 0 aromatic carbocycles. The van der Waals surface area contributed by atoms with Crippen molar-refractivity contribution in [3.63, 3.8) is 0 Å². The van der Waals surface area contributed by atoms with Crippen LogP contribution in [0.1, 0.15) is 194 Å². The van der Waals surface area contributed by atoms with Crippen molar-refractivity contribution in [3.8, 4) is 0 Å². The lowest BCUT2D eigenvalue weighted by Gasteiger charge is -2.06. The molecule has 0 saturated heterocycles. The Morgan fingerprint density at radius 1 is 0.457 bits per heavy atom. The minimum atomic E-state index is -0.389. The van der Waals surface area contributed by atoms with Crippen molar-refractivity contribution in [3.05, 3.63) is 12.3 Å². The van der Waals surface area contributed by atoms with Crippen LogP contribution in [-0.2, 0) is 0 Å². The van der Waals surface area contributed by atoms with Crippen molar-refractivity contribution in [1.29, 1.82) is 0 Å². The minimum absolute atomic E-state index is 0.389. The third-order valence-corrected chi connectivity index (χ3v) is 7.52. The molecule has 0 aromatic heterocycles. The van der Waals surface area contributed by atoms with Crippen LogP contribution in [0.25, 0.3) is 0 Å². The van der Waals surface area contributed by atoms with Gasteiger partial charge in [0.25, 0.3) is 0 Å². The van der Waals surface area contributed by atoms with Gasteiger partial charge in [0.2, 0.25) is 0 Å². The number of unbranched alkanes of at least 4 members (excludes halogenated alkanes) is 26. The van der Waals surface area contributed by atoms with Gasteiger partial charge in [-0.1, -0.05) is 180 Å². The standard InChI is InChI=1S/C33H67NO/c1-3-5-6-7-8-9-10-11-12-13-14-15-16-17-18-19-20-21-22-23-24-25-26-27-28-29-30-31-32-34-33(35)4-2/h31-35H,3-30H2,1-2H3. The molecule has 0 spiro atoms. The van der Waals surface area contributed by atoms with Gasteiger partial charge in [0.15, 0.2) is 0 Å². The van der Waals surface area contributed by atoms with E-state index in [0.29, 0.717) is 0 Å². The van der Waals surface area contributed by atoms with E-state index in [1.807, 2.05) is 13.1 Å². The van der Waals surface area contributed by atoms with Crippen LogP contribution in [-0.4, -0.2) is 11.3 Å². The van der Waals surface area contributed by atoms with E-state index in [-0.39, 0.29) is 6.23 Å². The smallest absolute Gasteiger partial charge is 0.123 e. The summed E-state index contributed by atoms with van der Waals surface area (Å²) >= 11 is 0. The summed E-state index contributed by atoms with van der Waals surface area (Å²) in [5.41, 5.74) is 0. The van der Waals surface area contributed by atoms with Crippen LogP contribution in [0.4, 0.5) is 0 Å². The summed E-state index contributed by atoms with van der Waals surface area (Å²) in [5, 5.41) is 12.4. The van der Waals surface area contributed by atoms with Crippen molar-refractivity contribution in [2.75, 3.05) is 0 Å². The second kappa shape index (κ2) is 31.5. The molecule has 0 saturated carbocycles. The van der Waals surface area contributed by atoms with Gasteiger partial charge < -0.3 is 10.4 Å². The predicted octanol–water partition coefficient (Wildman–Crippen LogP) is 11.4. The number of nitrogens with one attached hydrogen (secondary N) is 1. The first-order valence-corrected chi connectivity index (χ1v) is 16.4. The molecule has 35 heavy (non-hydrogen) atoms. The molecule has 0 rings (SSSR count). The first kappa shape index (κ1) is 34.5. The number of hydrogen-bond donors (Lipinski definition) is 2. The van der Waals surface area contributed by atoms with E-state index >= 15 is 0 Å². The summed E-state index contributed by atoms with van der Waals surface area (Å²) in [4.78, 5) is 0. The zero-order chi connectivity index (χ0) is 25.5. The number of aliphatic hydroxyl groups excluding tert-OH is 1. The Kier molecular flexibility index (Phi) is 31.1. The highest BCUT2D eigenvalue weighted by Gasteiger charge is 1.96. The Bertz CT molecular complexity index is 395. The Labute approximate surface area is 222 Å². The van der Waals surface area contributed by atoms with Crippen LogP contribution >= 0.6 is 0 Å². The van der Waals surface area contributed by atoms with Crippen molar-refractivity contribution in [2.24, 2.45) is 0 Å². The van der Waals surface area contributed by atoms with Gasteiger partial charge in [-0.05, 0) is 25.5 Å². The second-order valence-corrected chi connectivity index (χ2v) is 11.1. The summed E-state index contributed by atoms with van der Waals surface area (Å²) in [6, 6.07) is 0. The highest BCUT2D eigenvalue weighted by Crippen LogP contribution is 2.16. The molecule has 2 N–H and O–H groups in total. The summed E-state index contributed by atoms with van der Waals surface area (Å²) in [6.07, 6.45) is 43.2. The highest BCUT2D eigenvalue weighted by molar-refractivity contribution is 4.79. The highest BCUT2D eigenvalue weighted by atomic mass is 16.3. The lowest BCUT2D eigenvalue weighted by atomic mass is 10.0. The van der Waals surface area contributed by atoms with Gasteiger partial charge in [-0.3, -0.25) is 0 Å². The first-order valence-electron chi connectivity index (χ1n) is 16.4. The average Bonchev–Trinajstić information content (AvgIpc) is 2.87. The van der Waals surface area contributed by atoms with Gasteiger partial charge in [0.05, 0.1) is 0 Å². The Hall–Kier alpha value is -0.500. The van der Waals surface area contributed by atoms with E-state index in [0.717, 1.165) is 12.8 Å². The summed E-state index contributed by atoms with van der Waals surface area (Å²) in [5.74, 6) is 0. The maximum Gasteiger partial charge on any atom is 0.123 e. The molecule has 0 aliphatic heterocycles. The lowest BCUT2D eigenvalue weighted by molar-refractivity contribution is 0.149. The minimum Gasteiger partial charge on any atom is -0.374 e. The van der Waals surface area contributed by atoms with Crippen molar-refractivity contribution < 1.29 is 5.11 Å². The van der Waals surface area contributed by atoms with E-state index in [1.54, 1.807) is 0 Å². The molecule has 0 aliphatic carbocycles. The third-order valence-electron chi connectivity index (χ3n) is 7.52. The predicted molar refractivity (Wildman–Crippen MR) is 159 cm³/mol. The van der Waals surface area contributed by atoms with E-state index in [2.05, 4.69) is 18.3 Å². The van der Waals surface area contributed by atoms with Crippen LogP contribution in [0.5, 0.6) is 0 Å². The maximum atomic E-state index is 9.40. The van der Waals surface area contributed by atoms with Gasteiger partial charge in [-0.25, -0.2) is 0 Å². The van der Waals surface area contributed by atoms with Crippen LogP contribution in [0, 0.1) is 0 Å². The van der Waals surface area contributed by atoms with Gasteiger partial charge in [-0.15, -0.1) is 0 Å². The van der Waals surface area contributed by atoms with Gasteiger partial charge in [-0.2, -0.15) is 0 Å². The van der Waals surface area contributed by atoms with Crippen molar-refractivity contribution >= 4 is 0 Å². The molecule has 0 heterocycles. The molecule has 0 fully saturated rings. The molecule has 0 amide bonds. The van der Waals surface area contributed by atoms with E-state index in [9.17, 15) is 5.11 Å². The largest absolute Gasteiger partial charge is 0.374 e. The Morgan fingerprint density at radius 3 is 1.03 bits per heavy atom. The fourth-order valence-corrected chi connectivity index (χ4v) is 4.96. The maximum absolute atomic E-state index is 9.40. The first-order chi connectivity index (χ1) is 17.3. The van der Waals surface area contributed by atoms with Crippen molar-refractivity contribution in [1.82, 2.24) is 5.32 Å². The van der Waals surface area contributed by atoms with Crippen LogP contribution < -0.4 is 5.32 Å². The van der Waals surface area contributed by atoms with Gasteiger partial charge in [0, 0.05) is 0 Å². The normalized spacial score (nSPS) is 12.5. The van der Waals surface area contributed by atoms with Crippen LogP contribution in [0.3, 0.4) is 0 Å². The number of aliphatic hydroxyl groups is 1. The molecule has 1 atom stereocenters. The van der Waals surface area contributed by atoms with E-state index in [1.165, 1.54) is 167 Å². The molecule has 0 radical (unpaired) electrons. The molecule has 2 heteroatoms. The summed E-state index contributed by atoms with van der Waals surface area (Å²) in [6.45, 7) is 4.28. The van der Waals surface area contributed by atoms with E-state index < -0.39 is 0 Å². The lowest BCUT2D eigenvalue weighted by Crippen LogP contribution is -2.21. The number of allylic oxidation sites excluding steroid dienone is 1. The Morgan fingerprint density at radius 2 is 0.743 bits per heavy atom. The topological polar surface area (TPSA) is 32.3 Å². The molecular weight excluding hydrogens is 426 g/mol. The molecule has 1 unspecified atom stereocenters. The SMILES string of the molecule is CCCCCCCCCCCCCCCCCCCCCCCCCCCCC=CNC(O)CC. The molecule has 0 bridgehead atoms. The van der Waals surface area contributed by atoms with Gasteiger partial charge >= 0.3 is 0 Å². The molecule has 0 aliphatic rings. The summed E-state index contributed by atoms with van der Waals surface area (Å²) < 4.78 is 0. The molecule has 210 valence electrons. The average molecular weight is 494 g/mol. The second-order valence-electron chi connectivity index (χ2n) is 11.1. The Balaban J connectivity index is 3.05. The van der Waals surface area contributed by atoms with Crippen molar-refractivity contribution in [2.45, 2.75) is 200 Å². The zero-order valence-corrected chi connectivity index (χ0v) is 24.5. The number of rotatable bonds is 30. The quantitative estimate of drug-likeness (QED) is 0.0770. The molecule has 2 nitrogen and oxygen atoms in total. The summed E-state index contributed by atoms with van der Waals surface area (Å²) in [7, 11) is 0. The van der Waals surface area contributed by atoms with E-state index in [4.69, 9.17) is 0 Å².